The minimum Gasteiger partial charge on any atom is -0.399 e. The largest absolute Gasteiger partial charge is 0.399 e. The first kappa shape index (κ1) is 13.5. The lowest BCUT2D eigenvalue weighted by molar-refractivity contribution is 0.329. The first-order valence-corrected chi connectivity index (χ1v) is 7.94. The van der Waals surface area contributed by atoms with Crippen molar-refractivity contribution in [1.29, 1.82) is 0 Å². The zero-order valence-electron chi connectivity index (χ0n) is 11.8. The van der Waals surface area contributed by atoms with Crippen molar-refractivity contribution in [2.75, 3.05) is 11.5 Å². The van der Waals surface area contributed by atoms with Crippen LogP contribution < -0.4 is 5.73 Å². The molecule has 1 fully saturated rings. The molecule has 3 rings (SSSR count). The molecule has 0 radical (unpaired) electrons. The predicted octanol–water partition coefficient (Wildman–Crippen LogP) is 3.55. The van der Waals surface area contributed by atoms with Crippen LogP contribution >= 0.6 is 11.8 Å². The number of hydrogen-bond acceptors (Lipinski definition) is 5. The molecule has 1 atom stereocenters. The van der Waals surface area contributed by atoms with Gasteiger partial charge in [-0.25, -0.2) is 0 Å². The summed E-state index contributed by atoms with van der Waals surface area (Å²) in [5.74, 6) is 2.70. The highest BCUT2D eigenvalue weighted by Crippen LogP contribution is 2.39. The van der Waals surface area contributed by atoms with E-state index in [2.05, 4.69) is 24.0 Å². The van der Waals surface area contributed by atoms with Crippen LogP contribution in [0.3, 0.4) is 0 Å². The molecule has 2 N–H and O–H groups in total. The SMILES string of the molecule is CC(C)(c1ccc(N)cc1)c1nc(C2CCCS2)no1. The maximum absolute atomic E-state index is 5.74. The molecule has 1 aliphatic heterocycles. The molecule has 5 heteroatoms. The average Bonchev–Trinajstić information content (AvgIpc) is 3.10. The number of anilines is 1. The maximum atomic E-state index is 5.74. The van der Waals surface area contributed by atoms with Crippen LogP contribution in [0.4, 0.5) is 5.69 Å². The minimum atomic E-state index is -0.303. The van der Waals surface area contributed by atoms with Gasteiger partial charge in [0.2, 0.25) is 5.89 Å². The Morgan fingerprint density at radius 2 is 2.05 bits per heavy atom. The van der Waals surface area contributed by atoms with Crippen molar-refractivity contribution in [1.82, 2.24) is 10.1 Å². The molecule has 4 nitrogen and oxygen atoms in total. The first-order chi connectivity index (χ1) is 9.57. The van der Waals surface area contributed by atoms with E-state index in [4.69, 9.17) is 10.3 Å². The smallest absolute Gasteiger partial charge is 0.236 e. The molecule has 2 heterocycles. The van der Waals surface area contributed by atoms with Gasteiger partial charge >= 0.3 is 0 Å². The van der Waals surface area contributed by atoms with Crippen LogP contribution in [0.1, 0.15) is 49.2 Å². The first-order valence-electron chi connectivity index (χ1n) is 6.89. The predicted molar refractivity (Wildman–Crippen MR) is 81.7 cm³/mol. The number of hydrogen-bond donors (Lipinski definition) is 1. The van der Waals surface area contributed by atoms with Crippen LogP contribution in [0.5, 0.6) is 0 Å². The highest BCUT2D eigenvalue weighted by molar-refractivity contribution is 7.99. The van der Waals surface area contributed by atoms with Gasteiger partial charge in [0.25, 0.3) is 0 Å². The molecule has 0 spiro atoms. The Morgan fingerprint density at radius 1 is 1.30 bits per heavy atom. The van der Waals surface area contributed by atoms with Gasteiger partial charge in [-0.2, -0.15) is 16.7 Å². The van der Waals surface area contributed by atoms with E-state index in [0.717, 1.165) is 23.5 Å². The van der Waals surface area contributed by atoms with Crippen molar-refractivity contribution in [3.8, 4) is 0 Å². The second-order valence-corrected chi connectivity index (χ2v) is 7.02. The van der Waals surface area contributed by atoms with E-state index in [1.54, 1.807) is 0 Å². The Labute approximate surface area is 123 Å². The van der Waals surface area contributed by atoms with Crippen molar-refractivity contribution in [3.05, 3.63) is 41.5 Å². The second kappa shape index (κ2) is 5.13. The van der Waals surface area contributed by atoms with Crippen LogP contribution in [-0.4, -0.2) is 15.9 Å². The Kier molecular flexibility index (Phi) is 3.46. The van der Waals surface area contributed by atoms with Crippen LogP contribution in [0.25, 0.3) is 0 Å². The van der Waals surface area contributed by atoms with E-state index in [9.17, 15) is 0 Å². The summed E-state index contributed by atoms with van der Waals surface area (Å²) >= 11 is 1.92. The van der Waals surface area contributed by atoms with Crippen LogP contribution in [0.2, 0.25) is 0 Å². The zero-order valence-corrected chi connectivity index (χ0v) is 12.6. The molecular weight excluding hydrogens is 270 g/mol. The topological polar surface area (TPSA) is 64.9 Å². The fourth-order valence-corrected chi connectivity index (χ4v) is 3.62. The van der Waals surface area contributed by atoms with E-state index in [0.29, 0.717) is 11.1 Å². The lowest BCUT2D eigenvalue weighted by Crippen LogP contribution is -2.19. The number of nitrogens with zero attached hydrogens (tertiary/aromatic N) is 2. The van der Waals surface area contributed by atoms with E-state index in [-0.39, 0.29) is 5.41 Å². The van der Waals surface area contributed by atoms with Crippen LogP contribution in [0, 0.1) is 0 Å². The molecule has 1 aromatic carbocycles. The molecule has 106 valence electrons. The molecular formula is C15H19N3OS. The lowest BCUT2D eigenvalue weighted by Gasteiger charge is -2.20. The molecule has 1 unspecified atom stereocenters. The Morgan fingerprint density at radius 3 is 2.70 bits per heavy atom. The van der Waals surface area contributed by atoms with Gasteiger partial charge in [0.1, 0.15) is 0 Å². The number of nitrogen functional groups attached to an aromatic ring is 1. The van der Waals surface area contributed by atoms with Gasteiger partial charge in [0.05, 0.1) is 10.7 Å². The monoisotopic (exact) mass is 289 g/mol. The minimum absolute atomic E-state index is 0.303. The Bertz CT molecular complexity index is 585. The summed E-state index contributed by atoms with van der Waals surface area (Å²) in [6.07, 6.45) is 2.38. The van der Waals surface area contributed by atoms with Crippen molar-refractivity contribution in [2.45, 2.75) is 37.4 Å². The van der Waals surface area contributed by atoms with Gasteiger partial charge in [0, 0.05) is 5.69 Å². The van der Waals surface area contributed by atoms with E-state index < -0.39 is 0 Å². The molecule has 1 aromatic heterocycles. The van der Waals surface area contributed by atoms with Crippen molar-refractivity contribution < 1.29 is 4.52 Å². The molecule has 0 saturated carbocycles. The van der Waals surface area contributed by atoms with Crippen LogP contribution in [0.15, 0.2) is 28.8 Å². The normalized spacial score (nSPS) is 19.4. The summed E-state index contributed by atoms with van der Waals surface area (Å²) in [6.45, 7) is 4.19. The zero-order chi connectivity index (χ0) is 14.2. The molecule has 0 aliphatic carbocycles. The maximum Gasteiger partial charge on any atom is 0.236 e. The number of thioether (sulfide) groups is 1. The Balaban J connectivity index is 1.88. The second-order valence-electron chi connectivity index (χ2n) is 5.71. The summed E-state index contributed by atoms with van der Waals surface area (Å²) < 4.78 is 5.52. The number of rotatable bonds is 3. The highest BCUT2D eigenvalue weighted by Gasteiger charge is 2.32. The van der Waals surface area contributed by atoms with Gasteiger partial charge in [-0.05, 0) is 50.1 Å². The van der Waals surface area contributed by atoms with Gasteiger partial charge in [-0.3, -0.25) is 0 Å². The summed E-state index contributed by atoms with van der Waals surface area (Å²) in [5.41, 5.74) is 7.33. The molecule has 2 aromatic rings. The number of benzene rings is 1. The quantitative estimate of drug-likeness (QED) is 0.875. The average molecular weight is 289 g/mol. The third-order valence-electron chi connectivity index (χ3n) is 3.83. The fourth-order valence-electron chi connectivity index (χ4n) is 2.42. The third kappa shape index (κ3) is 2.42. The van der Waals surface area contributed by atoms with Gasteiger partial charge < -0.3 is 10.3 Å². The van der Waals surface area contributed by atoms with Crippen molar-refractivity contribution in [2.24, 2.45) is 0 Å². The van der Waals surface area contributed by atoms with Gasteiger partial charge in [-0.1, -0.05) is 17.3 Å². The number of aromatic nitrogens is 2. The summed E-state index contributed by atoms with van der Waals surface area (Å²) in [6, 6.07) is 7.84. The molecule has 0 bridgehead atoms. The van der Waals surface area contributed by atoms with Crippen LogP contribution in [-0.2, 0) is 5.41 Å². The summed E-state index contributed by atoms with van der Waals surface area (Å²) in [7, 11) is 0. The molecule has 1 aliphatic rings. The van der Waals surface area contributed by atoms with E-state index in [1.165, 1.54) is 12.2 Å². The highest BCUT2D eigenvalue weighted by atomic mass is 32.2. The molecule has 0 amide bonds. The Hall–Kier alpha value is -1.49. The number of nitrogens with two attached hydrogens (primary N) is 1. The van der Waals surface area contributed by atoms with E-state index in [1.807, 2.05) is 36.0 Å². The van der Waals surface area contributed by atoms with Crippen molar-refractivity contribution in [3.63, 3.8) is 0 Å². The third-order valence-corrected chi connectivity index (χ3v) is 5.20. The standard InChI is InChI=1S/C15H19N3OS/c1-15(2,10-5-7-11(16)8-6-10)14-17-13(18-19-14)12-4-3-9-20-12/h5-8,12H,3-4,9,16H2,1-2H3. The van der Waals surface area contributed by atoms with Crippen molar-refractivity contribution >= 4 is 17.4 Å². The lowest BCUT2D eigenvalue weighted by atomic mass is 9.84. The summed E-state index contributed by atoms with van der Waals surface area (Å²) in [5, 5.41) is 4.57. The fraction of sp³-hybridized carbons (Fsp3) is 0.467. The van der Waals surface area contributed by atoms with Gasteiger partial charge in [0.15, 0.2) is 5.82 Å². The summed E-state index contributed by atoms with van der Waals surface area (Å²) in [4.78, 5) is 4.63. The van der Waals surface area contributed by atoms with E-state index >= 15 is 0 Å². The van der Waals surface area contributed by atoms with Gasteiger partial charge in [-0.15, -0.1) is 0 Å². The molecule has 20 heavy (non-hydrogen) atoms. The molecule has 1 saturated heterocycles.